The van der Waals surface area contributed by atoms with Gasteiger partial charge in [0.05, 0.1) is 26.7 Å². The van der Waals surface area contributed by atoms with Gasteiger partial charge in [-0.2, -0.15) is 5.10 Å². The molecule has 0 aliphatic carbocycles. The molecule has 6 nitrogen and oxygen atoms in total. The lowest BCUT2D eigenvalue weighted by molar-refractivity contribution is -0.384. The summed E-state index contributed by atoms with van der Waals surface area (Å²) < 4.78 is 8.34. The molecule has 0 atom stereocenters. The van der Waals surface area contributed by atoms with Crippen LogP contribution in [-0.2, 0) is 19.5 Å². The van der Waals surface area contributed by atoms with Gasteiger partial charge >= 0.3 is 0 Å². The Labute approximate surface area is 134 Å². The number of non-ortho nitro benzene ring substituents is 1. The molecule has 2 rings (SSSR count). The first kappa shape index (κ1) is 15.8. The number of hydrogen-bond donors (Lipinski definition) is 0. The van der Waals surface area contributed by atoms with Gasteiger partial charge in [-0.15, -0.1) is 11.6 Å². The normalized spacial score (nSPS) is 10.7. The first-order valence-corrected chi connectivity index (χ1v) is 7.40. The fraction of sp³-hybridized carbons (Fsp3) is 0.308. The second kappa shape index (κ2) is 6.44. The monoisotopic (exact) mass is 373 g/mol. The number of alkyl halides is 1. The molecule has 0 amide bonds. The molecule has 0 aliphatic rings. The Balaban J connectivity index is 2.22. The zero-order valence-corrected chi connectivity index (χ0v) is 13.8. The van der Waals surface area contributed by atoms with E-state index in [1.807, 2.05) is 14.0 Å². The molecule has 1 heterocycles. The van der Waals surface area contributed by atoms with Gasteiger partial charge in [0.1, 0.15) is 12.4 Å². The Morgan fingerprint density at radius 2 is 2.24 bits per heavy atom. The van der Waals surface area contributed by atoms with E-state index in [0.29, 0.717) is 17.9 Å². The first-order valence-electron chi connectivity index (χ1n) is 6.08. The van der Waals surface area contributed by atoms with Crippen LogP contribution in [0.25, 0.3) is 0 Å². The molecule has 0 bridgehead atoms. The van der Waals surface area contributed by atoms with Crippen molar-refractivity contribution in [3.63, 3.8) is 0 Å². The largest absolute Gasteiger partial charge is 0.487 e. The van der Waals surface area contributed by atoms with Crippen LogP contribution in [0.15, 0.2) is 22.7 Å². The highest BCUT2D eigenvalue weighted by Gasteiger charge is 2.14. The van der Waals surface area contributed by atoms with Gasteiger partial charge in [-0.3, -0.25) is 14.8 Å². The number of nitrogens with zero attached hydrogens (tertiary/aromatic N) is 3. The molecule has 0 saturated heterocycles. The van der Waals surface area contributed by atoms with Crippen LogP contribution in [0.3, 0.4) is 0 Å². The number of halogens is 2. The Kier molecular flexibility index (Phi) is 4.84. The minimum atomic E-state index is -0.457. The molecular weight excluding hydrogens is 362 g/mol. The molecule has 1 aromatic heterocycles. The van der Waals surface area contributed by atoms with Crippen molar-refractivity contribution in [1.82, 2.24) is 9.78 Å². The molecule has 0 saturated carbocycles. The summed E-state index contributed by atoms with van der Waals surface area (Å²) in [5.41, 5.74) is 2.33. The Morgan fingerprint density at radius 3 is 2.76 bits per heavy atom. The fourth-order valence-electron chi connectivity index (χ4n) is 1.91. The van der Waals surface area contributed by atoms with Crippen LogP contribution in [0.2, 0.25) is 0 Å². The average Bonchev–Trinajstić information content (AvgIpc) is 2.70. The van der Waals surface area contributed by atoms with Gasteiger partial charge in [-0.25, -0.2) is 0 Å². The minimum absolute atomic E-state index is 0.00411. The van der Waals surface area contributed by atoms with Crippen LogP contribution < -0.4 is 4.74 Å². The zero-order chi connectivity index (χ0) is 15.6. The van der Waals surface area contributed by atoms with Crippen molar-refractivity contribution in [3.05, 3.63) is 49.7 Å². The van der Waals surface area contributed by atoms with E-state index < -0.39 is 4.92 Å². The van der Waals surface area contributed by atoms with E-state index >= 15 is 0 Å². The minimum Gasteiger partial charge on any atom is -0.487 e. The van der Waals surface area contributed by atoms with Gasteiger partial charge in [0.15, 0.2) is 0 Å². The van der Waals surface area contributed by atoms with Crippen LogP contribution in [0.4, 0.5) is 5.69 Å². The zero-order valence-electron chi connectivity index (χ0n) is 11.5. The lowest BCUT2D eigenvalue weighted by atomic mass is 10.2. The van der Waals surface area contributed by atoms with Gasteiger partial charge < -0.3 is 4.74 Å². The van der Waals surface area contributed by atoms with Crippen molar-refractivity contribution < 1.29 is 9.66 Å². The maximum Gasteiger partial charge on any atom is 0.270 e. The number of hydrogen-bond acceptors (Lipinski definition) is 4. The summed E-state index contributed by atoms with van der Waals surface area (Å²) in [5, 5.41) is 15.0. The van der Waals surface area contributed by atoms with Crippen LogP contribution in [-0.4, -0.2) is 14.7 Å². The highest BCUT2D eigenvalue weighted by atomic mass is 79.9. The van der Waals surface area contributed by atoms with E-state index in [2.05, 4.69) is 21.0 Å². The van der Waals surface area contributed by atoms with E-state index in [-0.39, 0.29) is 11.6 Å². The summed E-state index contributed by atoms with van der Waals surface area (Å²) in [6, 6.07) is 4.38. The third kappa shape index (κ3) is 3.36. The Bertz CT molecular complexity index is 688. The second-order valence-electron chi connectivity index (χ2n) is 4.44. The lowest BCUT2D eigenvalue weighted by Gasteiger charge is -2.10. The summed E-state index contributed by atoms with van der Waals surface area (Å²) in [6.07, 6.45) is 0. The smallest absolute Gasteiger partial charge is 0.270 e. The number of aryl methyl sites for hydroxylation is 2. The van der Waals surface area contributed by atoms with Crippen molar-refractivity contribution >= 4 is 33.2 Å². The molecule has 0 aliphatic heterocycles. The fourth-order valence-corrected chi connectivity index (χ4v) is 2.57. The molecule has 0 radical (unpaired) electrons. The van der Waals surface area contributed by atoms with Crippen molar-refractivity contribution in [2.75, 3.05) is 0 Å². The number of nitro groups is 1. The molecule has 112 valence electrons. The van der Waals surface area contributed by atoms with Crippen molar-refractivity contribution in [2.45, 2.75) is 19.4 Å². The molecular formula is C13H13BrClN3O3. The highest BCUT2D eigenvalue weighted by Crippen LogP contribution is 2.28. The van der Waals surface area contributed by atoms with Gasteiger partial charge in [0, 0.05) is 24.7 Å². The quantitative estimate of drug-likeness (QED) is 0.454. The van der Waals surface area contributed by atoms with Crippen molar-refractivity contribution in [2.24, 2.45) is 7.05 Å². The standard InChI is InChI=1S/C13H13BrClN3O3/c1-8-13(14)11(17(2)16-8)7-21-12-4-3-10(18(19)20)5-9(12)6-15/h3-5H,6-7H2,1-2H3. The lowest BCUT2D eigenvalue weighted by Crippen LogP contribution is -2.05. The third-order valence-corrected chi connectivity index (χ3v) is 4.34. The molecule has 0 unspecified atom stereocenters. The van der Waals surface area contributed by atoms with Crippen LogP contribution >= 0.6 is 27.5 Å². The molecule has 0 spiro atoms. The van der Waals surface area contributed by atoms with Gasteiger partial charge in [0.25, 0.3) is 5.69 Å². The van der Waals surface area contributed by atoms with Crippen LogP contribution in [0, 0.1) is 17.0 Å². The van der Waals surface area contributed by atoms with E-state index in [0.717, 1.165) is 15.9 Å². The summed E-state index contributed by atoms with van der Waals surface area (Å²) >= 11 is 9.29. The number of nitro benzene ring substituents is 1. The summed E-state index contributed by atoms with van der Waals surface area (Å²) in [4.78, 5) is 10.3. The van der Waals surface area contributed by atoms with E-state index in [4.69, 9.17) is 16.3 Å². The molecule has 0 N–H and O–H groups in total. The predicted octanol–water partition coefficient (Wildman–Crippen LogP) is 3.72. The number of ether oxygens (including phenoxy) is 1. The SMILES string of the molecule is Cc1nn(C)c(COc2ccc([N+](=O)[O-])cc2CCl)c1Br. The van der Waals surface area contributed by atoms with E-state index in [1.165, 1.54) is 12.1 Å². The van der Waals surface area contributed by atoms with Gasteiger partial charge in [-0.1, -0.05) is 0 Å². The number of rotatable bonds is 5. The number of aromatic nitrogens is 2. The van der Waals surface area contributed by atoms with E-state index in [1.54, 1.807) is 10.7 Å². The van der Waals surface area contributed by atoms with Crippen LogP contribution in [0.1, 0.15) is 17.0 Å². The Morgan fingerprint density at radius 1 is 1.52 bits per heavy atom. The molecule has 2 aromatic rings. The van der Waals surface area contributed by atoms with Crippen molar-refractivity contribution in [1.29, 1.82) is 0 Å². The summed E-state index contributed by atoms with van der Waals surface area (Å²) in [6.45, 7) is 2.18. The maximum atomic E-state index is 10.8. The predicted molar refractivity (Wildman–Crippen MR) is 82.6 cm³/mol. The average molecular weight is 375 g/mol. The van der Waals surface area contributed by atoms with Gasteiger partial charge in [-0.05, 0) is 28.9 Å². The molecule has 1 aromatic carbocycles. The van der Waals surface area contributed by atoms with E-state index in [9.17, 15) is 10.1 Å². The highest BCUT2D eigenvalue weighted by molar-refractivity contribution is 9.10. The second-order valence-corrected chi connectivity index (χ2v) is 5.50. The van der Waals surface area contributed by atoms with Gasteiger partial charge in [0.2, 0.25) is 0 Å². The summed E-state index contributed by atoms with van der Waals surface area (Å²) in [7, 11) is 1.83. The third-order valence-electron chi connectivity index (χ3n) is 3.02. The molecule has 8 heteroatoms. The number of benzene rings is 1. The molecule has 21 heavy (non-hydrogen) atoms. The maximum absolute atomic E-state index is 10.8. The Hall–Kier alpha value is -1.60. The van der Waals surface area contributed by atoms with Crippen molar-refractivity contribution in [3.8, 4) is 5.75 Å². The first-order chi connectivity index (χ1) is 9.93. The van der Waals surface area contributed by atoms with Crippen LogP contribution in [0.5, 0.6) is 5.75 Å². The summed E-state index contributed by atoms with van der Waals surface area (Å²) in [5.74, 6) is 0.670. The topological polar surface area (TPSA) is 70.2 Å². The molecule has 0 fully saturated rings.